The highest BCUT2D eigenvalue weighted by atomic mass is 32.2. The predicted octanol–water partition coefficient (Wildman–Crippen LogP) is 3.23. The molecule has 1 aliphatic rings. The Bertz CT molecular complexity index is 723. The van der Waals surface area contributed by atoms with Crippen LogP contribution in [0.2, 0.25) is 0 Å². The monoisotopic (exact) mass is 362 g/mol. The summed E-state index contributed by atoms with van der Waals surface area (Å²) in [5, 5.41) is 0.519. The number of amides is 2. The number of ether oxygens (including phenoxy) is 2. The van der Waals surface area contributed by atoms with Gasteiger partial charge in [0, 0.05) is 25.2 Å². The van der Waals surface area contributed by atoms with Crippen LogP contribution in [-0.2, 0) is 0 Å². The Hall–Kier alpha value is -2.48. The molecule has 0 radical (unpaired) electrons. The summed E-state index contributed by atoms with van der Waals surface area (Å²) in [5.41, 5.74) is 1.64. The second-order valence-corrected chi connectivity index (χ2v) is 6.13. The highest BCUT2D eigenvalue weighted by Crippen LogP contribution is 2.32. The van der Waals surface area contributed by atoms with E-state index in [0.717, 1.165) is 5.57 Å². The summed E-state index contributed by atoms with van der Waals surface area (Å²) < 4.78 is 10.6. The smallest absolute Gasteiger partial charge is 0.330 e. The molecule has 8 heteroatoms. The fourth-order valence-corrected chi connectivity index (χ4v) is 2.80. The summed E-state index contributed by atoms with van der Waals surface area (Å²) in [6, 6.07) is 5.17. The van der Waals surface area contributed by atoms with E-state index in [4.69, 9.17) is 9.47 Å². The van der Waals surface area contributed by atoms with Crippen molar-refractivity contribution in [1.82, 2.24) is 4.90 Å². The molecule has 0 N–H and O–H groups in total. The number of anilines is 1. The molecule has 0 saturated heterocycles. The number of thioether (sulfide) groups is 1. The van der Waals surface area contributed by atoms with Crippen molar-refractivity contribution in [3.63, 3.8) is 0 Å². The number of hydrogen-bond donors (Lipinski definition) is 0. The van der Waals surface area contributed by atoms with Gasteiger partial charge in [-0.3, -0.25) is 9.80 Å². The SMILES string of the molecule is C=NC(=NC1=C(C)CN(c2cc(OC)cc(OC)c2)C(=O)N1C)SC. The number of methoxy groups -OCH3 is 2. The summed E-state index contributed by atoms with van der Waals surface area (Å²) in [6.07, 6.45) is 1.86. The van der Waals surface area contributed by atoms with Gasteiger partial charge in [0.2, 0.25) is 0 Å². The molecule has 0 unspecified atom stereocenters. The van der Waals surface area contributed by atoms with Gasteiger partial charge in [-0.25, -0.2) is 14.8 Å². The summed E-state index contributed by atoms with van der Waals surface area (Å²) in [5.74, 6) is 1.83. The first-order valence-electron chi connectivity index (χ1n) is 7.52. The second kappa shape index (κ2) is 8.06. The van der Waals surface area contributed by atoms with Gasteiger partial charge in [0.15, 0.2) is 5.17 Å². The molecular weight excluding hydrogens is 340 g/mol. The van der Waals surface area contributed by atoms with Gasteiger partial charge in [0.25, 0.3) is 0 Å². The third-order valence-corrected chi connectivity index (χ3v) is 4.37. The zero-order valence-electron chi connectivity index (χ0n) is 15.1. The van der Waals surface area contributed by atoms with E-state index in [2.05, 4.69) is 16.7 Å². The number of benzene rings is 1. The first-order chi connectivity index (χ1) is 11.9. The lowest BCUT2D eigenvalue weighted by molar-refractivity contribution is 0.222. The van der Waals surface area contributed by atoms with Crippen LogP contribution in [0.4, 0.5) is 10.5 Å². The maximum Gasteiger partial charge on any atom is 0.330 e. The number of amidine groups is 1. The van der Waals surface area contributed by atoms with Crippen LogP contribution in [0, 0.1) is 0 Å². The van der Waals surface area contributed by atoms with Crippen LogP contribution >= 0.6 is 11.8 Å². The lowest BCUT2D eigenvalue weighted by Gasteiger charge is -2.34. The minimum atomic E-state index is -0.191. The molecule has 0 spiro atoms. The normalized spacial score (nSPS) is 15.6. The number of carbonyl (C=O) groups is 1. The Balaban J connectivity index is 2.44. The third-order valence-electron chi connectivity index (χ3n) is 3.78. The molecule has 1 aromatic carbocycles. The highest BCUT2D eigenvalue weighted by molar-refractivity contribution is 8.13. The summed E-state index contributed by atoms with van der Waals surface area (Å²) >= 11 is 1.38. The Kier molecular flexibility index (Phi) is 6.08. The van der Waals surface area contributed by atoms with Crippen molar-refractivity contribution in [2.75, 3.05) is 39.0 Å². The van der Waals surface area contributed by atoms with Gasteiger partial charge in [-0.2, -0.15) is 0 Å². The van der Waals surface area contributed by atoms with Crippen molar-refractivity contribution in [2.45, 2.75) is 6.92 Å². The number of carbonyl (C=O) groups excluding carboxylic acids is 1. The summed E-state index contributed by atoms with van der Waals surface area (Å²) in [4.78, 5) is 24.3. The predicted molar refractivity (Wildman–Crippen MR) is 103 cm³/mol. The van der Waals surface area contributed by atoms with E-state index in [1.54, 1.807) is 44.4 Å². The molecule has 0 aromatic heterocycles. The van der Waals surface area contributed by atoms with Crippen LogP contribution < -0.4 is 14.4 Å². The average molecular weight is 362 g/mol. The molecule has 7 nitrogen and oxygen atoms in total. The van der Waals surface area contributed by atoms with Crippen LogP contribution in [0.25, 0.3) is 0 Å². The topological polar surface area (TPSA) is 66.7 Å². The molecule has 0 aliphatic carbocycles. The maximum atomic E-state index is 12.9. The van der Waals surface area contributed by atoms with Crippen molar-refractivity contribution in [3.05, 3.63) is 29.6 Å². The largest absolute Gasteiger partial charge is 0.497 e. The van der Waals surface area contributed by atoms with Crippen molar-refractivity contribution in [1.29, 1.82) is 0 Å². The van der Waals surface area contributed by atoms with E-state index in [1.165, 1.54) is 16.7 Å². The Labute approximate surface area is 152 Å². The molecule has 2 rings (SSSR count). The quantitative estimate of drug-likeness (QED) is 0.609. The molecule has 25 heavy (non-hydrogen) atoms. The van der Waals surface area contributed by atoms with E-state index < -0.39 is 0 Å². The molecule has 1 aromatic rings. The Morgan fingerprint density at radius 2 is 1.84 bits per heavy atom. The highest BCUT2D eigenvalue weighted by Gasteiger charge is 2.30. The molecule has 1 heterocycles. The average Bonchev–Trinajstić information content (AvgIpc) is 2.64. The lowest BCUT2D eigenvalue weighted by Crippen LogP contribution is -2.46. The Morgan fingerprint density at radius 1 is 1.24 bits per heavy atom. The van der Waals surface area contributed by atoms with E-state index >= 15 is 0 Å². The van der Waals surface area contributed by atoms with Crippen molar-refractivity contribution in [2.24, 2.45) is 9.98 Å². The third kappa shape index (κ3) is 3.96. The summed E-state index contributed by atoms with van der Waals surface area (Å²) in [6.45, 7) is 5.85. The molecule has 0 atom stereocenters. The number of aliphatic imine (C=N–C) groups is 2. The number of rotatable bonds is 4. The fraction of sp³-hybridized carbons (Fsp3) is 0.353. The van der Waals surface area contributed by atoms with Gasteiger partial charge in [0.05, 0.1) is 26.5 Å². The van der Waals surface area contributed by atoms with Gasteiger partial charge in [-0.1, -0.05) is 11.8 Å². The van der Waals surface area contributed by atoms with Crippen LogP contribution in [0.15, 0.2) is 39.6 Å². The molecule has 0 saturated carbocycles. The van der Waals surface area contributed by atoms with E-state index in [1.807, 2.05) is 13.2 Å². The molecule has 1 aliphatic heterocycles. The molecule has 0 bridgehead atoms. The van der Waals surface area contributed by atoms with E-state index in [0.29, 0.717) is 34.7 Å². The second-order valence-electron chi connectivity index (χ2n) is 5.36. The van der Waals surface area contributed by atoms with Gasteiger partial charge < -0.3 is 9.47 Å². The number of hydrogen-bond acceptors (Lipinski definition) is 5. The van der Waals surface area contributed by atoms with Crippen molar-refractivity contribution in [3.8, 4) is 11.5 Å². The fourth-order valence-electron chi connectivity index (χ4n) is 2.49. The van der Waals surface area contributed by atoms with Crippen molar-refractivity contribution >= 4 is 35.4 Å². The first-order valence-corrected chi connectivity index (χ1v) is 8.75. The first kappa shape index (κ1) is 18.9. The lowest BCUT2D eigenvalue weighted by atomic mass is 10.2. The van der Waals surface area contributed by atoms with Gasteiger partial charge in [-0.15, -0.1) is 0 Å². The molecule has 134 valence electrons. The van der Waals surface area contributed by atoms with Crippen LogP contribution in [0.5, 0.6) is 11.5 Å². The number of urea groups is 1. The van der Waals surface area contributed by atoms with Crippen LogP contribution in [0.3, 0.4) is 0 Å². The molecular formula is C17H22N4O3S. The summed E-state index contributed by atoms with van der Waals surface area (Å²) in [7, 11) is 4.84. The maximum absolute atomic E-state index is 12.9. The van der Waals surface area contributed by atoms with Gasteiger partial charge in [-0.05, 0) is 25.5 Å². The minimum Gasteiger partial charge on any atom is -0.497 e. The van der Waals surface area contributed by atoms with Crippen LogP contribution in [0.1, 0.15) is 6.92 Å². The Morgan fingerprint density at radius 3 is 2.32 bits per heavy atom. The standard InChI is InChI=1S/C17H22N4O3S/c1-11-10-21(12-7-13(23-4)9-14(8-12)24-5)17(22)20(3)15(11)19-16(18-2)25-6/h7-9H,2,10H2,1,3-6H3. The molecule has 2 amide bonds. The zero-order chi connectivity index (χ0) is 18.6. The zero-order valence-corrected chi connectivity index (χ0v) is 15.9. The van der Waals surface area contributed by atoms with Gasteiger partial charge in [0.1, 0.15) is 17.3 Å². The number of nitrogens with zero attached hydrogens (tertiary/aromatic N) is 4. The minimum absolute atomic E-state index is 0.191. The van der Waals surface area contributed by atoms with E-state index in [9.17, 15) is 4.79 Å². The molecule has 0 fully saturated rings. The van der Waals surface area contributed by atoms with E-state index in [-0.39, 0.29) is 6.03 Å². The van der Waals surface area contributed by atoms with Crippen LogP contribution in [-0.4, -0.2) is 56.9 Å². The van der Waals surface area contributed by atoms with Gasteiger partial charge >= 0.3 is 6.03 Å². The van der Waals surface area contributed by atoms with Crippen molar-refractivity contribution < 1.29 is 14.3 Å².